The van der Waals surface area contributed by atoms with E-state index in [1.807, 2.05) is 0 Å². The minimum absolute atomic E-state index is 0.406. The van der Waals surface area contributed by atoms with Crippen LogP contribution in [0.2, 0.25) is 0 Å². The Hall–Kier alpha value is -6.05. The predicted octanol–water partition coefficient (Wildman–Crippen LogP) is 11.6. The molecule has 0 radical (unpaired) electrons. The van der Waals surface area contributed by atoms with Crippen LogP contribution in [-0.4, -0.2) is 4.98 Å². The second-order valence-corrected chi connectivity index (χ2v) is 12.3. The molecule has 0 unspecified atom stereocenters. The fourth-order valence-electron chi connectivity index (χ4n) is 7.58. The maximum absolute atomic E-state index is 5.19. The molecule has 0 saturated carbocycles. The van der Waals surface area contributed by atoms with Gasteiger partial charge >= 0.3 is 0 Å². The Bertz CT molecular complexity index is 2340. The van der Waals surface area contributed by atoms with Crippen LogP contribution in [0.4, 0.5) is 0 Å². The van der Waals surface area contributed by atoms with Crippen LogP contribution in [0.5, 0.6) is 0 Å². The van der Waals surface area contributed by atoms with Gasteiger partial charge in [-0.2, -0.15) is 0 Å². The van der Waals surface area contributed by atoms with Gasteiger partial charge in [0.25, 0.3) is 0 Å². The van der Waals surface area contributed by atoms with E-state index < -0.39 is 5.41 Å². The molecular formula is C46H31N. The van der Waals surface area contributed by atoms with Gasteiger partial charge in [-0.15, -0.1) is 0 Å². The number of benzene rings is 7. The van der Waals surface area contributed by atoms with Gasteiger partial charge in [0, 0.05) is 11.1 Å². The standard InChI is InChI=1S/C46H31N/c1-3-14-34(15-4-1)44-30-37(31-45(47-44)36-24-23-32-13-7-8-16-35(32)29-36)33-25-27-39(28-26-33)46(38-17-5-2-6-18-38)42-21-11-9-19-40(42)41-20-10-12-22-43(41)46/h1-31H. The summed E-state index contributed by atoms with van der Waals surface area (Å²) in [5, 5.41) is 2.44. The summed E-state index contributed by atoms with van der Waals surface area (Å²) in [4.78, 5) is 5.19. The van der Waals surface area contributed by atoms with Crippen LogP contribution in [-0.2, 0) is 5.41 Å². The third-order valence-electron chi connectivity index (χ3n) is 9.75. The van der Waals surface area contributed by atoms with Gasteiger partial charge in [-0.3, -0.25) is 0 Å². The zero-order valence-corrected chi connectivity index (χ0v) is 25.8. The second kappa shape index (κ2) is 11.1. The largest absolute Gasteiger partial charge is 0.248 e. The average molecular weight is 598 g/mol. The summed E-state index contributed by atoms with van der Waals surface area (Å²) < 4.78 is 0. The number of nitrogens with zero attached hydrogens (tertiary/aromatic N) is 1. The maximum Gasteiger partial charge on any atom is 0.0715 e. The summed E-state index contributed by atoms with van der Waals surface area (Å²) in [6.07, 6.45) is 0. The molecule has 47 heavy (non-hydrogen) atoms. The van der Waals surface area contributed by atoms with E-state index >= 15 is 0 Å². The van der Waals surface area contributed by atoms with Crippen molar-refractivity contribution >= 4 is 10.8 Å². The third-order valence-corrected chi connectivity index (χ3v) is 9.75. The molecule has 1 aromatic heterocycles. The van der Waals surface area contributed by atoms with E-state index in [-0.39, 0.29) is 0 Å². The first kappa shape index (κ1) is 27.3. The Morgan fingerprint density at radius 1 is 0.319 bits per heavy atom. The summed E-state index contributed by atoms with van der Waals surface area (Å²) in [7, 11) is 0. The number of hydrogen-bond acceptors (Lipinski definition) is 1. The summed E-state index contributed by atoms with van der Waals surface area (Å²) in [6, 6.07) is 68.1. The lowest BCUT2D eigenvalue weighted by Crippen LogP contribution is -2.28. The molecule has 0 amide bonds. The number of pyridine rings is 1. The molecule has 1 aliphatic carbocycles. The van der Waals surface area contributed by atoms with E-state index in [2.05, 4.69) is 188 Å². The third kappa shape index (κ3) is 4.43. The molecule has 220 valence electrons. The number of fused-ring (bicyclic) bond motifs is 4. The van der Waals surface area contributed by atoms with Gasteiger partial charge in [-0.25, -0.2) is 4.98 Å². The average Bonchev–Trinajstić information content (AvgIpc) is 3.46. The first-order chi connectivity index (χ1) is 23.3. The van der Waals surface area contributed by atoms with Crippen molar-refractivity contribution in [2.45, 2.75) is 5.41 Å². The summed E-state index contributed by atoms with van der Waals surface area (Å²) >= 11 is 0. The Balaban J connectivity index is 1.22. The zero-order chi connectivity index (χ0) is 31.2. The van der Waals surface area contributed by atoms with E-state index in [0.29, 0.717) is 0 Å². The first-order valence-corrected chi connectivity index (χ1v) is 16.2. The highest BCUT2D eigenvalue weighted by Gasteiger charge is 2.45. The summed E-state index contributed by atoms with van der Waals surface area (Å²) in [5.41, 5.74) is 13.9. The van der Waals surface area contributed by atoms with Crippen molar-refractivity contribution in [3.8, 4) is 44.8 Å². The lowest BCUT2D eigenvalue weighted by atomic mass is 9.67. The molecule has 0 bridgehead atoms. The van der Waals surface area contributed by atoms with Gasteiger partial charge in [0.1, 0.15) is 0 Å². The van der Waals surface area contributed by atoms with Crippen LogP contribution in [0.25, 0.3) is 55.5 Å². The van der Waals surface area contributed by atoms with Crippen LogP contribution in [0.3, 0.4) is 0 Å². The zero-order valence-electron chi connectivity index (χ0n) is 25.8. The van der Waals surface area contributed by atoms with Gasteiger partial charge in [0.05, 0.1) is 16.8 Å². The van der Waals surface area contributed by atoms with Crippen LogP contribution < -0.4 is 0 Å². The lowest BCUT2D eigenvalue weighted by Gasteiger charge is -2.34. The van der Waals surface area contributed by atoms with Crippen molar-refractivity contribution in [1.29, 1.82) is 0 Å². The van der Waals surface area contributed by atoms with E-state index in [4.69, 9.17) is 4.98 Å². The molecule has 7 aromatic carbocycles. The minimum Gasteiger partial charge on any atom is -0.248 e. The smallest absolute Gasteiger partial charge is 0.0715 e. The SMILES string of the molecule is c1ccc(-c2cc(-c3ccc(C4(c5ccccc5)c5ccccc5-c5ccccc54)cc3)cc(-c3ccc4ccccc4c3)n2)cc1. The number of rotatable bonds is 5. The number of hydrogen-bond donors (Lipinski definition) is 0. The summed E-state index contributed by atoms with van der Waals surface area (Å²) in [5.74, 6) is 0. The van der Waals surface area contributed by atoms with Gasteiger partial charge in [-0.1, -0.05) is 170 Å². The van der Waals surface area contributed by atoms with Crippen molar-refractivity contribution in [3.05, 3.63) is 210 Å². The first-order valence-electron chi connectivity index (χ1n) is 16.2. The monoisotopic (exact) mass is 597 g/mol. The molecular weight excluding hydrogens is 567 g/mol. The van der Waals surface area contributed by atoms with Crippen LogP contribution in [0, 0.1) is 0 Å². The molecule has 1 heteroatoms. The summed E-state index contributed by atoms with van der Waals surface area (Å²) in [6.45, 7) is 0. The molecule has 0 fully saturated rings. The van der Waals surface area contributed by atoms with Crippen molar-refractivity contribution in [1.82, 2.24) is 4.98 Å². The number of aromatic nitrogens is 1. The fraction of sp³-hybridized carbons (Fsp3) is 0.0217. The van der Waals surface area contributed by atoms with Crippen molar-refractivity contribution < 1.29 is 0 Å². The Labute approximate surface area is 275 Å². The van der Waals surface area contributed by atoms with E-state index in [9.17, 15) is 0 Å². The molecule has 1 aliphatic rings. The lowest BCUT2D eigenvalue weighted by molar-refractivity contribution is 0.768. The molecule has 0 N–H and O–H groups in total. The van der Waals surface area contributed by atoms with E-state index in [0.717, 1.165) is 33.6 Å². The Morgan fingerprint density at radius 3 is 1.51 bits per heavy atom. The highest BCUT2D eigenvalue weighted by Crippen LogP contribution is 2.56. The quantitative estimate of drug-likeness (QED) is 0.192. The van der Waals surface area contributed by atoms with Gasteiger partial charge < -0.3 is 0 Å². The van der Waals surface area contributed by atoms with Crippen LogP contribution >= 0.6 is 0 Å². The predicted molar refractivity (Wildman–Crippen MR) is 195 cm³/mol. The molecule has 9 rings (SSSR count). The Kier molecular flexibility index (Phi) is 6.43. The van der Waals surface area contributed by atoms with Crippen molar-refractivity contribution in [2.75, 3.05) is 0 Å². The molecule has 1 nitrogen and oxygen atoms in total. The normalized spacial score (nSPS) is 12.9. The van der Waals surface area contributed by atoms with Gasteiger partial charge in [-0.05, 0) is 73.5 Å². The maximum atomic E-state index is 5.19. The Morgan fingerprint density at radius 2 is 0.830 bits per heavy atom. The van der Waals surface area contributed by atoms with E-state index in [1.54, 1.807) is 0 Å². The van der Waals surface area contributed by atoms with Gasteiger partial charge in [0.15, 0.2) is 0 Å². The van der Waals surface area contributed by atoms with E-state index in [1.165, 1.54) is 44.2 Å². The molecule has 0 saturated heterocycles. The highest BCUT2D eigenvalue weighted by molar-refractivity contribution is 5.89. The molecule has 1 heterocycles. The van der Waals surface area contributed by atoms with Crippen LogP contribution in [0.15, 0.2) is 188 Å². The molecule has 0 spiro atoms. The second-order valence-electron chi connectivity index (χ2n) is 12.3. The molecule has 0 aliphatic heterocycles. The van der Waals surface area contributed by atoms with Crippen molar-refractivity contribution in [3.63, 3.8) is 0 Å². The van der Waals surface area contributed by atoms with Crippen molar-refractivity contribution in [2.24, 2.45) is 0 Å². The fourth-order valence-corrected chi connectivity index (χ4v) is 7.58. The topological polar surface area (TPSA) is 12.9 Å². The highest BCUT2D eigenvalue weighted by atomic mass is 14.7. The molecule has 8 aromatic rings. The molecule has 0 atom stereocenters. The van der Waals surface area contributed by atoms with Crippen LogP contribution in [0.1, 0.15) is 22.3 Å². The van der Waals surface area contributed by atoms with Gasteiger partial charge in [0.2, 0.25) is 0 Å². The minimum atomic E-state index is -0.406.